The highest BCUT2D eigenvalue weighted by Gasteiger charge is 2.27. The van der Waals surface area contributed by atoms with Crippen LogP contribution in [0.5, 0.6) is 0 Å². The summed E-state index contributed by atoms with van der Waals surface area (Å²) in [5.41, 5.74) is 0.854. The summed E-state index contributed by atoms with van der Waals surface area (Å²) in [4.78, 5) is 24.0. The number of hydrogen-bond acceptors (Lipinski definition) is 4. The van der Waals surface area contributed by atoms with Gasteiger partial charge in [-0.2, -0.15) is 0 Å². The van der Waals surface area contributed by atoms with Crippen molar-refractivity contribution in [2.45, 2.75) is 32.4 Å². The average molecular weight is 356 g/mol. The predicted molar refractivity (Wildman–Crippen MR) is 84.4 cm³/mol. The van der Waals surface area contributed by atoms with Crippen LogP contribution in [0.1, 0.15) is 20.8 Å². The van der Waals surface area contributed by atoms with Crippen LogP contribution in [-0.4, -0.2) is 30.2 Å². The van der Waals surface area contributed by atoms with Gasteiger partial charge in [-0.05, 0) is 48.8 Å². The quantitative estimate of drug-likeness (QED) is 0.723. The molecule has 2 rings (SSSR count). The maximum absolute atomic E-state index is 12.2. The van der Waals surface area contributed by atoms with Gasteiger partial charge in [0.25, 0.3) is 0 Å². The van der Waals surface area contributed by atoms with E-state index in [4.69, 9.17) is 4.74 Å². The maximum atomic E-state index is 12.2. The van der Waals surface area contributed by atoms with E-state index in [-0.39, 0.29) is 12.5 Å². The van der Waals surface area contributed by atoms with Crippen LogP contribution in [0.15, 0.2) is 22.7 Å². The molecule has 0 radical (unpaired) electrons. The van der Waals surface area contributed by atoms with Crippen molar-refractivity contribution >= 4 is 39.3 Å². The Hall–Kier alpha value is -1.76. The second-order valence-electron chi connectivity index (χ2n) is 5.73. The Morgan fingerprint density at radius 1 is 1.43 bits per heavy atom. The number of nitrogens with one attached hydrogen (secondary N) is 3. The van der Waals surface area contributed by atoms with Crippen molar-refractivity contribution in [3.8, 4) is 0 Å². The van der Waals surface area contributed by atoms with Crippen LogP contribution in [0.3, 0.4) is 0 Å². The van der Waals surface area contributed by atoms with Crippen molar-refractivity contribution in [1.29, 1.82) is 0 Å². The third kappa shape index (κ3) is 4.10. The third-order valence-electron chi connectivity index (χ3n) is 2.77. The minimum absolute atomic E-state index is 0.286. The molecular formula is C14H18BrN3O3. The molecule has 1 atom stereocenters. The molecule has 1 aromatic rings. The lowest BCUT2D eigenvalue weighted by atomic mass is 10.2. The molecule has 2 amide bonds. The van der Waals surface area contributed by atoms with E-state index >= 15 is 0 Å². The highest BCUT2D eigenvalue weighted by molar-refractivity contribution is 9.10. The molecule has 3 N–H and O–H groups in total. The fraction of sp³-hybridized carbons (Fsp3) is 0.429. The number of carbonyl (C=O) groups is 2. The Labute approximate surface area is 131 Å². The second-order valence-corrected chi connectivity index (χ2v) is 6.59. The number of anilines is 2. The van der Waals surface area contributed by atoms with E-state index in [1.54, 1.807) is 20.8 Å². The Balaban J connectivity index is 2.07. The first-order chi connectivity index (χ1) is 9.76. The van der Waals surface area contributed by atoms with Crippen molar-refractivity contribution in [2.24, 2.45) is 0 Å². The number of halogens is 1. The number of carbonyl (C=O) groups excluding carboxylic acids is 2. The summed E-state index contributed by atoms with van der Waals surface area (Å²) in [7, 11) is 0. The molecule has 21 heavy (non-hydrogen) atoms. The summed E-state index contributed by atoms with van der Waals surface area (Å²) in [6.45, 7) is 5.59. The largest absolute Gasteiger partial charge is 0.444 e. The second kappa shape index (κ2) is 5.93. The van der Waals surface area contributed by atoms with Gasteiger partial charge in [-0.15, -0.1) is 0 Å². The molecule has 0 saturated carbocycles. The molecule has 1 aliphatic heterocycles. The lowest BCUT2D eigenvalue weighted by Crippen LogP contribution is -2.48. The van der Waals surface area contributed by atoms with Crippen molar-refractivity contribution in [3.63, 3.8) is 0 Å². The van der Waals surface area contributed by atoms with Gasteiger partial charge >= 0.3 is 6.09 Å². The molecule has 0 spiro atoms. The zero-order valence-corrected chi connectivity index (χ0v) is 13.7. The van der Waals surface area contributed by atoms with Crippen LogP contribution in [0.2, 0.25) is 0 Å². The Bertz CT molecular complexity index is 569. The van der Waals surface area contributed by atoms with E-state index in [1.165, 1.54) is 0 Å². The van der Waals surface area contributed by atoms with E-state index in [0.717, 1.165) is 10.2 Å². The van der Waals surface area contributed by atoms with Gasteiger partial charge in [0.05, 0.1) is 11.4 Å². The van der Waals surface area contributed by atoms with Gasteiger partial charge < -0.3 is 20.7 Å². The zero-order valence-electron chi connectivity index (χ0n) is 12.1. The highest BCUT2D eigenvalue weighted by Crippen LogP contribution is 2.32. The van der Waals surface area contributed by atoms with Gasteiger partial charge in [0, 0.05) is 11.0 Å². The van der Waals surface area contributed by atoms with Gasteiger partial charge in [0.15, 0.2) is 0 Å². The van der Waals surface area contributed by atoms with Gasteiger partial charge in [-0.25, -0.2) is 4.79 Å². The molecule has 114 valence electrons. The predicted octanol–water partition coefficient (Wildman–Crippen LogP) is 2.71. The Kier molecular flexibility index (Phi) is 4.41. The van der Waals surface area contributed by atoms with E-state index in [2.05, 4.69) is 31.9 Å². The van der Waals surface area contributed by atoms with Crippen molar-refractivity contribution in [3.05, 3.63) is 22.7 Å². The number of fused-ring (bicyclic) bond motifs is 1. The zero-order chi connectivity index (χ0) is 15.6. The SMILES string of the molecule is CC(C)(C)OC(=O)N[C@H]1CNc2cccc(Br)c2NC1=O. The molecule has 7 heteroatoms. The summed E-state index contributed by atoms with van der Waals surface area (Å²) in [5.74, 6) is -0.293. The number of para-hydroxylation sites is 1. The number of hydrogen-bond donors (Lipinski definition) is 3. The molecule has 1 aromatic carbocycles. The number of benzene rings is 1. The summed E-state index contributed by atoms with van der Waals surface area (Å²) >= 11 is 3.39. The van der Waals surface area contributed by atoms with Crippen LogP contribution in [0.25, 0.3) is 0 Å². The lowest BCUT2D eigenvalue weighted by Gasteiger charge is -2.22. The smallest absolute Gasteiger partial charge is 0.408 e. The van der Waals surface area contributed by atoms with Crippen molar-refractivity contribution in [2.75, 3.05) is 17.2 Å². The molecule has 0 bridgehead atoms. The summed E-state index contributed by atoms with van der Waals surface area (Å²) < 4.78 is 5.94. The molecule has 6 nitrogen and oxygen atoms in total. The van der Waals surface area contributed by atoms with E-state index < -0.39 is 17.7 Å². The van der Waals surface area contributed by atoms with Gasteiger partial charge in [0.1, 0.15) is 11.6 Å². The summed E-state index contributed by atoms with van der Waals surface area (Å²) in [6.07, 6.45) is -0.616. The minimum Gasteiger partial charge on any atom is -0.444 e. The normalized spacial score (nSPS) is 17.9. The summed E-state index contributed by atoms with van der Waals surface area (Å²) in [6, 6.07) is 4.85. The molecule has 0 aromatic heterocycles. The molecule has 0 fully saturated rings. The number of ether oxygens (including phenoxy) is 1. The maximum Gasteiger partial charge on any atom is 0.408 e. The fourth-order valence-electron chi connectivity index (χ4n) is 1.88. The highest BCUT2D eigenvalue weighted by atomic mass is 79.9. The molecule has 0 saturated heterocycles. The first kappa shape index (κ1) is 15.6. The van der Waals surface area contributed by atoms with Crippen molar-refractivity contribution in [1.82, 2.24) is 5.32 Å². The first-order valence-corrected chi connectivity index (χ1v) is 7.38. The third-order valence-corrected chi connectivity index (χ3v) is 3.43. The molecule has 0 unspecified atom stereocenters. The number of rotatable bonds is 1. The van der Waals surface area contributed by atoms with E-state index in [0.29, 0.717) is 5.69 Å². The van der Waals surface area contributed by atoms with E-state index in [9.17, 15) is 9.59 Å². The van der Waals surface area contributed by atoms with E-state index in [1.807, 2.05) is 18.2 Å². The Morgan fingerprint density at radius 2 is 2.14 bits per heavy atom. The van der Waals surface area contributed by atoms with Gasteiger partial charge in [0.2, 0.25) is 5.91 Å². The number of alkyl carbamates (subject to hydrolysis) is 1. The van der Waals surface area contributed by atoms with Crippen LogP contribution in [0.4, 0.5) is 16.2 Å². The monoisotopic (exact) mass is 355 g/mol. The molecular weight excluding hydrogens is 338 g/mol. The molecule has 1 heterocycles. The minimum atomic E-state index is -0.709. The summed E-state index contributed by atoms with van der Waals surface area (Å²) in [5, 5.41) is 8.49. The fourth-order valence-corrected chi connectivity index (χ4v) is 2.35. The van der Waals surface area contributed by atoms with Gasteiger partial charge in [-0.3, -0.25) is 4.79 Å². The van der Waals surface area contributed by atoms with Crippen LogP contribution in [-0.2, 0) is 9.53 Å². The van der Waals surface area contributed by atoms with Crippen molar-refractivity contribution < 1.29 is 14.3 Å². The van der Waals surface area contributed by atoms with Crippen LogP contribution >= 0.6 is 15.9 Å². The lowest BCUT2D eigenvalue weighted by molar-refractivity contribution is -0.117. The first-order valence-electron chi connectivity index (χ1n) is 6.59. The Morgan fingerprint density at radius 3 is 2.81 bits per heavy atom. The van der Waals surface area contributed by atoms with Crippen LogP contribution in [0, 0.1) is 0 Å². The topological polar surface area (TPSA) is 79.5 Å². The van der Waals surface area contributed by atoms with Gasteiger partial charge in [-0.1, -0.05) is 6.07 Å². The molecule has 1 aliphatic rings. The molecule has 0 aliphatic carbocycles. The number of amides is 2. The van der Waals surface area contributed by atoms with Crippen LogP contribution < -0.4 is 16.0 Å². The standard InChI is InChI=1S/C14H18BrN3O3/c1-14(2,3)21-13(20)17-10-7-16-9-6-4-5-8(15)11(9)18-12(10)19/h4-6,10,16H,7H2,1-3H3,(H,17,20)(H,18,19)/t10-/m0/s1. The average Bonchev–Trinajstić information content (AvgIpc) is 2.49.